The van der Waals surface area contributed by atoms with Crippen LogP contribution in [0, 0.1) is 35.3 Å². The van der Waals surface area contributed by atoms with Gasteiger partial charge in [0.2, 0.25) is 0 Å². The van der Waals surface area contributed by atoms with Crippen LogP contribution in [0.15, 0.2) is 18.2 Å². The summed E-state index contributed by atoms with van der Waals surface area (Å²) < 4.78 is 27.1. The van der Waals surface area contributed by atoms with E-state index in [9.17, 15) is 13.9 Å². The average Bonchev–Trinajstić information content (AvgIpc) is 2.66. The normalized spacial score (nSPS) is 33.0. The second-order valence-corrected chi connectivity index (χ2v) is 9.31. The Balaban J connectivity index is 1.53. The molecule has 1 atom stereocenters. The van der Waals surface area contributed by atoms with Crippen LogP contribution in [0.3, 0.4) is 0 Å². The van der Waals surface area contributed by atoms with Gasteiger partial charge in [-0.2, -0.15) is 0 Å². The molecule has 152 valence electrons. The zero-order valence-electron chi connectivity index (χ0n) is 17.0. The van der Waals surface area contributed by atoms with Crippen molar-refractivity contribution in [2.24, 2.45) is 23.7 Å². The summed E-state index contributed by atoms with van der Waals surface area (Å²) in [7, 11) is 0. The van der Waals surface area contributed by atoms with E-state index in [0.717, 1.165) is 30.7 Å². The molecular formula is C24H36F2O. The van der Waals surface area contributed by atoms with E-state index >= 15 is 0 Å². The maximum atomic E-state index is 13.6. The molecule has 27 heavy (non-hydrogen) atoms. The first kappa shape index (κ1) is 20.8. The molecule has 1 N–H and O–H groups in total. The van der Waals surface area contributed by atoms with E-state index in [1.54, 1.807) is 0 Å². The standard InChI is InChI=1S/C24H36F2O/c1-3-4-5-18-6-8-19(9-7-18)17(2)20-10-12-24(27,13-11-20)21-14-22(25)16-23(26)15-21/h14-20,27H,3-13H2,1-2H3. The van der Waals surface area contributed by atoms with Gasteiger partial charge in [-0.25, -0.2) is 8.78 Å². The topological polar surface area (TPSA) is 20.2 Å². The van der Waals surface area contributed by atoms with Gasteiger partial charge in [0.15, 0.2) is 0 Å². The summed E-state index contributed by atoms with van der Waals surface area (Å²) in [4.78, 5) is 0. The summed E-state index contributed by atoms with van der Waals surface area (Å²) in [5.41, 5.74) is -0.667. The number of rotatable bonds is 6. The summed E-state index contributed by atoms with van der Waals surface area (Å²) >= 11 is 0. The highest BCUT2D eigenvalue weighted by Gasteiger charge is 2.39. The first-order chi connectivity index (χ1) is 12.9. The maximum absolute atomic E-state index is 13.6. The summed E-state index contributed by atoms with van der Waals surface area (Å²) in [6, 6.07) is 3.46. The van der Waals surface area contributed by atoms with Crippen LogP contribution in [0.5, 0.6) is 0 Å². The molecule has 2 fully saturated rings. The van der Waals surface area contributed by atoms with Crippen LogP contribution in [-0.2, 0) is 5.60 Å². The third-order valence-electron chi connectivity index (χ3n) is 7.60. The molecule has 1 aromatic rings. The molecule has 0 spiro atoms. The average molecular weight is 379 g/mol. The van der Waals surface area contributed by atoms with Crippen molar-refractivity contribution in [3.8, 4) is 0 Å². The van der Waals surface area contributed by atoms with Gasteiger partial charge in [0.1, 0.15) is 11.6 Å². The van der Waals surface area contributed by atoms with Crippen LogP contribution in [0.25, 0.3) is 0 Å². The maximum Gasteiger partial charge on any atom is 0.126 e. The zero-order chi connectivity index (χ0) is 19.4. The van der Waals surface area contributed by atoms with E-state index in [0.29, 0.717) is 30.2 Å². The largest absolute Gasteiger partial charge is 0.385 e. The molecule has 0 heterocycles. The monoisotopic (exact) mass is 378 g/mol. The quantitative estimate of drug-likeness (QED) is 0.566. The lowest BCUT2D eigenvalue weighted by Gasteiger charge is -2.42. The minimum atomic E-state index is -1.07. The molecule has 3 rings (SSSR count). The van der Waals surface area contributed by atoms with Crippen LogP contribution in [0.2, 0.25) is 0 Å². The molecule has 1 aromatic carbocycles. The third-order valence-corrected chi connectivity index (χ3v) is 7.60. The molecule has 3 heteroatoms. The Morgan fingerprint density at radius 2 is 1.52 bits per heavy atom. The van der Waals surface area contributed by atoms with Crippen LogP contribution in [0.1, 0.15) is 90.0 Å². The molecule has 1 nitrogen and oxygen atoms in total. The molecule has 2 aliphatic rings. The second-order valence-electron chi connectivity index (χ2n) is 9.31. The van der Waals surface area contributed by atoms with Crippen molar-refractivity contribution < 1.29 is 13.9 Å². The van der Waals surface area contributed by atoms with E-state index in [2.05, 4.69) is 13.8 Å². The van der Waals surface area contributed by atoms with E-state index in [4.69, 9.17) is 0 Å². The van der Waals surface area contributed by atoms with Gasteiger partial charge in [-0.1, -0.05) is 46.0 Å². The van der Waals surface area contributed by atoms with E-state index < -0.39 is 17.2 Å². The zero-order valence-corrected chi connectivity index (χ0v) is 17.0. The summed E-state index contributed by atoms with van der Waals surface area (Å²) in [6.07, 6.45) is 12.7. The molecule has 2 saturated carbocycles. The van der Waals surface area contributed by atoms with Gasteiger partial charge in [0, 0.05) is 6.07 Å². The highest BCUT2D eigenvalue weighted by molar-refractivity contribution is 5.25. The molecule has 0 bridgehead atoms. The highest BCUT2D eigenvalue weighted by atomic mass is 19.1. The summed E-state index contributed by atoms with van der Waals surface area (Å²) in [5, 5.41) is 11.0. The molecule has 0 saturated heterocycles. The Morgan fingerprint density at radius 3 is 2.07 bits per heavy atom. The van der Waals surface area contributed by atoms with Crippen LogP contribution in [-0.4, -0.2) is 5.11 Å². The van der Waals surface area contributed by atoms with Crippen LogP contribution < -0.4 is 0 Å². The lowest BCUT2D eigenvalue weighted by Crippen LogP contribution is -2.35. The fourth-order valence-electron chi connectivity index (χ4n) is 5.64. The summed E-state index contributed by atoms with van der Waals surface area (Å²) in [6.45, 7) is 4.67. The molecule has 0 amide bonds. The lowest BCUT2D eigenvalue weighted by atomic mass is 9.65. The van der Waals surface area contributed by atoms with Crippen molar-refractivity contribution >= 4 is 0 Å². The summed E-state index contributed by atoms with van der Waals surface area (Å²) in [5.74, 6) is 1.85. The number of hydrogen-bond acceptors (Lipinski definition) is 1. The number of halogens is 2. The van der Waals surface area contributed by atoms with Crippen molar-refractivity contribution in [3.63, 3.8) is 0 Å². The van der Waals surface area contributed by atoms with E-state index in [-0.39, 0.29) is 0 Å². The van der Waals surface area contributed by atoms with Gasteiger partial charge in [-0.3, -0.25) is 0 Å². The molecule has 0 aromatic heterocycles. The molecular weight excluding hydrogens is 342 g/mol. The minimum absolute atomic E-state index is 0.405. The van der Waals surface area contributed by atoms with Gasteiger partial charge in [0.25, 0.3) is 0 Å². The number of aliphatic hydroxyl groups is 1. The van der Waals surface area contributed by atoms with Gasteiger partial charge in [0.05, 0.1) is 5.60 Å². The van der Waals surface area contributed by atoms with Crippen molar-refractivity contribution in [1.82, 2.24) is 0 Å². The predicted octanol–water partition coefficient (Wildman–Crippen LogP) is 6.98. The molecule has 2 aliphatic carbocycles. The van der Waals surface area contributed by atoms with Crippen molar-refractivity contribution in [1.29, 1.82) is 0 Å². The molecule has 0 aliphatic heterocycles. The number of unbranched alkanes of at least 4 members (excludes halogenated alkanes) is 1. The van der Waals surface area contributed by atoms with Crippen LogP contribution in [0.4, 0.5) is 8.78 Å². The fourth-order valence-corrected chi connectivity index (χ4v) is 5.64. The first-order valence-electron chi connectivity index (χ1n) is 11.1. The Hall–Kier alpha value is -0.960. The third kappa shape index (κ3) is 5.10. The number of hydrogen-bond donors (Lipinski definition) is 1. The predicted molar refractivity (Wildman–Crippen MR) is 106 cm³/mol. The number of benzene rings is 1. The van der Waals surface area contributed by atoms with Gasteiger partial charge >= 0.3 is 0 Å². The van der Waals surface area contributed by atoms with Crippen molar-refractivity contribution in [3.05, 3.63) is 35.4 Å². The van der Waals surface area contributed by atoms with Gasteiger partial charge in [-0.05, 0) is 79.9 Å². The smallest absolute Gasteiger partial charge is 0.126 e. The highest BCUT2D eigenvalue weighted by Crippen LogP contribution is 2.46. The second kappa shape index (κ2) is 9.03. The molecule has 1 unspecified atom stereocenters. The Bertz CT molecular complexity index is 578. The van der Waals surface area contributed by atoms with Gasteiger partial charge < -0.3 is 5.11 Å². The SMILES string of the molecule is CCCCC1CCC(C(C)C2CCC(O)(c3cc(F)cc(F)c3)CC2)CC1. The Morgan fingerprint density at radius 1 is 0.963 bits per heavy atom. The minimum Gasteiger partial charge on any atom is -0.385 e. The fraction of sp³-hybridized carbons (Fsp3) is 0.750. The van der Waals surface area contributed by atoms with Crippen molar-refractivity contribution in [2.45, 2.75) is 90.1 Å². The van der Waals surface area contributed by atoms with E-state index in [1.807, 2.05) is 0 Å². The van der Waals surface area contributed by atoms with Gasteiger partial charge in [-0.15, -0.1) is 0 Å². The lowest BCUT2D eigenvalue weighted by molar-refractivity contribution is -0.0278. The Labute approximate surface area is 163 Å². The molecule has 0 radical (unpaired) electrons. The van der Waals surface area contributed by atoms with Crippen LogP contribution >= 0.6 is 0 Å². The first-order valence-corrected chi connectivity index (χ1v) is 11.1. The van der Waals surface area contributed by atoms with E-state index in [1.165, 1.54) is 57.1 Å². The Kier molecular flexibility index (Phi) is 6.94. The van der Waals surface area contributed by atoms with Crippen molar-refractivity contribution in [2.75, 3.05) is 0 Å².